The molecule has 0 saturated carbocycles. The number of ether oxygens (including phenoxy) is 1. The highest BCUT2D eigenvalue weighted by Gasteiger charge is 2.45. The van der Waals surface area contributed by atoms with Crippen molar-refractivity contribution in [2.75, 3.05) is 19.5 Å². The molecule has 1 saturated heterocycles. The summed E-state index contributed by atoms with van der Waals surface area (Å²) in [7, 11) is 0. The van der Waals surface area contributed by atoms with Crippen LogP contribution in [-0.2, 0) is 4.74 Å². The van der Waals surface area contributed by atoms with Crippen LogP contribution in [0.4, 0.5) is 0 Å². The maximum absolute atomic E-state index is 10.2. The number of nitrogens with zero attached hydrogens (tertiary/aromatic N) is 2. The second-order valence-corrected chi connectivity index (χ2v) is 10.5. The minimum Gasteiger partial charge on any atom is -0.388 e. The highest BCUT2D eigenvalue weighted by atomic mass is 31.2. The molecule has 0 aromatic rings. The Bertz CT molecular complexity index is 526. The van der Waals surface area contributed by atoms with Crippen LogP contribution in [-0.4, -0.2) is 71.3 Å². The van der Waals surface area contributed by atoms with E-state index in [4.69, 9.17) is 10.5 Å². The van der Waals surface area contributed by atoms with Crippen molar-refractivity contribution < 1.29 is 14.9 Å². The minimum absolute atomic E-state index is 0.351. The number of rotatable bonds is 4. The number of hydrogen-bond acceptors (Lipinski definition) is 6. The first kappa shape index (κ1) is 16.3. The summed E-state index contributed by atoms with van der Waals surface area (Å²) in [6.45, 7) is 6.87. The van der Waals surface area contributed by atoms with Gasteiger partial charge in [0.25, 0.3) is 0 Å². The van der Waals surface area contributed by atoms with Gasteiger partial charge in [0.2, 0.25) is 0 Å². The fraction of sp³-hybridized carbons (Fsp3) is 0.571. The van der Waals surface area contributed by atoms with Gasteiger partial charge in [-0.05, 0) is 32.0 Å². The van der Waals surface area contributed by atoms with Crippen LogP contribution < -0.4 is 5.73 Å². The molecule has 0 amide bonds. The van der Waals surface area contributed by atoms with Crippen molar-refractivity contribution in [1.82, 2.24) is 4.90 Å². The number of hydrogen-bond donors (Lipinski definition) is 3. The SMILES string of the molecule is C=C1N=C(N)C=CN1C1OC(CCP(=C)(C)C)C(O)C1O. The van der Waals surface area contributed by atoms with E-state index in [0.717, 1.165) is 6.16 Å². The van der Waals surface area contributed by atoms with Crippen molar-refractivity contribution in [2.24, 2.45) is 10.7 Å². The summed E-state index contributed by atoms with van der Waals surface area (Å²) in [6, 6.07) is 0. The van der Waals surface area contributed by atoms with Gasteiger partial charge in [0, 0.05) is 6.20 Å². The van der Waals surface area contributed by atoms with E-state index in [-0.39, 0.29) is 0 Å². The Labute approximate surface area is 125 Å². The molecule has 2 heterocycles. The van der Waals surface area contributed by atoms with Crippen molar-refractivity contribution >= 4 is 19.0 Å². The number of aliphatic imine (C=N–C) groups is 1. The van der Waals surface area contributed by atoms with Crippen molar-refractivity contribution in [2.45, 2.75) is 31.0 Å². The molecule has 21 heavy (non-hydrogen) atoms. The third kappa shape index (κ3) is 3.77. The van der Waals surface area contributed by atoms with Crippen molar-refractivity contribution in [3.8, 4) is 0 Å². The second-order valence-electron chi connectivity index (χ2n) is 6.17. The van der Waals surface area contributed by atoms with Gasteiger partial charge in [-0.15, -0.1) is 13.2 Å². The molecule has 0 radical (unpaired) electrons. The average molecular weight is 313 g/mol. The van der Waals surface area contributed by atoms with Crippen LogP contribution in [0.2, 0.25) is 0 Å². The van der Waals surface area contributed by atoms with Gasteiger partial charge in [0.1, 0.15) is 23.9 Å². The first-order valence-electron chi connectivity index (χ1n) is 6.87. The van der Waals surface area contributed by atoms with E-state index in [0.29, 0.717) is 18.1 Å². The van der Waals surface area contributed by atoms with Gasteiger partial charge < -0.3 is 25.6 Å². The molecule has 7 heteroatoms. The molecule has 2 aliphatic heterocycles. The third-order valence-electron chi connectivity index (χ3n) is 3.59. The van der Waals surface area contributed by atoms with Crippen LogP contribution >= 0.6 is 6.89 Å². The lowest BCUT2D eigenvalue weighted by atomic mass is 10.1. The largest absolute Gasteiger partial charge is 0.388 e. The fourth-order valence-corrected chi connectivity index (χ4v) is 3.35. The maximum atomic E-state index is 10.2. The summed E-state index contributed by atoms with van der Waals surface area (Å²) in [4.78, 5) is 5.63. The Balaban J connectivity index is 2.05. The molecule has 4 unspecified atom stereocenters. The van der Waals surface area contributed by atoms with E-state index >= 15 is 0 Å². The van der Waals surface area contributed by atoms with Crippen LogP contribution in [0.25, 0.3) is 0 Å². The summed E-state index contributed by atoms with van der Waals surface area (Å²) in [6.07, 6.45) is 5.94. The highest BCUT2D eigenvalue weighted by Crippen LogP contribution is 2.38. The van der Waals surface area contributed by atoms with Gasteiger partial charge >= 0.3 is 0 Å². The molecule has 118 valence electrons. The minimum atomic E-state index is -1.19. The van der Waals surface area contributed by atoms with E-state index in [2.05, 4.69) is 31.2 Å². The molecule has 0 aromatic carbocycles. The first-order chi connectivity index (χ1) is 9.69. The van der Waals surface area contributed by atoms with Crippen molar-refractivity contribution in [3.63, 3.8) is 0 Å². The maximum Gasteiger partial charge on any atom is 0.164 e. The Morgan fingerprint density at radius 3 is 2.67 bits per heavy atom. The molecule has 0 spiro atoms. The molecule has 0 aliphatic carbocycles. The number of aliphatic hydroxyl groups is 2. The zero-order valence-electron chi connectivity index (χ0n) is 12.5. The topological polar surface area (TPSA) is 91.3 Å². The summed E-state index contributed by atoms with van der Waals surface area (Å²) < 4.78 is 5.82. The van der Waals surface area contributed by atoms with Crippen molar-refractivity contribution in [3.05, 3.63) is 24.7 Å². The van der Waals surface area contributed by atoms with E-state index < -0.39 is 31.4 Å². The highest BCUT2D eigenvalue weighted by molar-refractivity contribution is 7.72. The average Bonchev–Trinajstić information content (AvgIpc) is 2.64. The van der Waals surface area contributed by atoms with Crippen LogP contribution in [0.3, 0.4) is 0 Å². The van der Waals surface area contributed by atoms with Gasteiger partial charge in [-0.25, -0.2) is 4.99 Å². The molecule has 0 bridgehead atoms. The molecule has 4 N–H and O–H groups in total. The van der Waals surface area contributed by atoms with E-state index in [9.17, 15) is 10.2 Å². The Kier molecular flexibility index (Phi) is 4.63. The van der Waals surface area contributed by atoms with Gasteiger partial charge in [0.15, 0.2) is 6.23 Å². The van der Waals surface area contributed by atoms with Crippen LogP contribution in [0.1, 0.15) is 6.42 Å². The predicted molar refractivity (Wildman–Crippen MR) is 87.8 cm³/mol. The van der Waals surface area contributed by atoms with E-state index in [1.54, 1.807) is 17.2 Å². The Morgan fingerprint density at radius 2 is 2.10 bits per heavy atom. The lowest BCUT2D eigenvalue weighted by molar-refractivity contribution is -0.0578. The number of amidine groups is 1. The molecule has 6 nitrogen and oxygen atoms in total. The summed E-state index contributed by atoms with van der Waals surface area (Å²) in [5.41, 5.74) is 5.59. The summed E-state index contributed by atoms with van der Waals surface area (Å²) in [5.74, 6) is 0.737. The fourth-order valence-electron chi connectivity index (χ4n) is 2.39. The summed E-state index contributed by atoms with van der Waals surface area (Å²) in [5, 5.41) is 20.4. The van der Waals surface area contributed by atoms with Crippen LogP contribution in [0.15, 0.2) is 29.7 Å². The number of nitrogens with two attached hydrogens (primary N) is 1. The standard InChI is InChI=1S/C14H24N3O3P/c1-9-16-11(15)5-7-17(9)14-13(19)12(18)10(20-14)6-8-21(2,3)4/h5,7,10,12-14,18-19H,1-2,6,8H2,3-4H3,(H2,15,16). The zero-order chi connectivity index (χ0) is 15.8. The Morgan fingerprint density at radius 1 is 1.43 bits per heavy atom. The normalized spacial score (nSPS) is 33.4. The van der Waals surface area contributed by atoms with Crippen molar-refractivity contribution in [1.29, 1.82) is 0 Å². The number of aliphatic hydroxyl groups excluding tert-OH is 2. The van der Waals surface area contributed by atoms with Crippen LogP contribution in [0, 0.1) is 0 Å². The monoisotopic (exact) mass is 313 g/mol. The van der Waals surface area contributed by atoms with E-state index in [1.165, 1.54) is 0 Å². The molecule has 4 atom stereocenters. The quantitative estimate of drug-likeness (QED) is 0.645. The molecular weight excluding hydrogens is 289 g/mol. The Hall–Kier alpha value is -1.07. The lowest BCUT2D eigenvalue weighted by Gasteiger charge is -2.30. The second kappa shape index (κ2) is 5.97. The van der Waals surface area contributed by atoms with Gasteiger partial charge in [-0.2, -0.15) is 0 Å². The smallest absolute Gasteiger partial charge is 0.164 e. The molecule has 2 aliphatic rings. The van der Waals surface area contributed by atoms with E-state index in [1.807, 2.05) is 0 Å². The molecule has 1 fully saturated rings. The first-order valence-corrected chi connectivity index (χ1v) is 9.93. The predicted octanol–water partition coefficient (Wildman–Crippen LogP) is 0.190. The van der Waals surface area contributed by atoms with Gasteiger partial charge in [-0.3, -0.25) is 0 Å². The zero-order valence-corrected chi connectivity index (χ0v) is 13.4. The summed E-state index contributed by atoms with van der Waals surface area (Å²) >= 11 is 0. The molecular formula is C14H24N3O3P. The van der Waals surface area contributed by atoms with Gasteiger partial charge in [-0.1, -0.05) is 6.58 Å². The molecule has 2 rings (SSSR count). The third-order valence-corrected chi connectivity index (χ3v) is 5.06. The van der Waals surface area contributed by atoms with Crippen LogP contribution in [0.5, 0.6) is 0 Å². The lowest BCUT2D eigenvalue weighted by Crippen LogP contribution is -2.41. The molecule has 0 aromatic heterocycles. The van der Waals surface area contributed by atoms with Gasteiger partial charge in [0.05, 0.1) is 6.10 Å².